The van der Waals surface area contributed by atoms with Gasteiger partial charge in [-0.25, -0.2) is 9.07 Å². The molecule has 0 spiro atoms. The lowest BCUT2D eigenvalue weighted by atomic mass is 9.63. The van der Waals surface area contributed by atoms with Gasteiger partial charge >= 0.3 is 5.97 Å². The van der Waals surface area contributed by atoms with Crippen LogP contribution >= 0.6 is 0 Å². The molecule has 20 atom stereocenters. The molecule has 4 fully saturated rings. The van der Waals surface area contributed by atoms with Crippen molar-refractivity contribution in [2.45, 2.75) is 199 Å². The van der Waals surface area contributed by atoms with Gasteiger partial charge in [0.15, 0.2) is 6.29 Å². The highest BCUT2D eigenvalue weighted by Gasteiger charge is 2.55. The number of morpholine rings is 1. The number of cyclic esters (lactones) is 1. The summed E-state index contributed by atoms with van der Waals surface area (Å²) < 4.78 is 54.1. The van der Waals surface area contributed by atoms with E-state index in [0.29, 0.717) is 56.7 Å². The van der Waals surface area contributed by atoms with Crippen LogP contribution in [-0.4, -0.2) is 183 Å². The maximum absolute atomic E-state index is 14.7. The second kappa shape index (κ2) is 25.1. The van der Waals surface area contributed by atoms with Crippen LogP contribution in [0.4, 0.5) is 10.1 Å². The second-order valence-corrected chi connectivity index (χ2v) is 23.0. The number of nitrogens with zero attached hydrogens (tertiary/aromatic N) is 5. The lowest BCUT2D eigenvalue weighted by Gasteiger charge is -2.52. The minimum Gasteiger partial charge on any atom is -0.459 e. The summed E-state index contributed by atoms with van der Waals surface area (Å²) in [4.78, 5) is 33.2. The first-order valence-electron chi connectivity index (χ1n) is 27.2. The molecule has 0 radical (unpaired) electrons. The van der Waals surface area contributed by atoms with E-state index in [2.05, 4.69) is 15.2 Å². The van der Waals surface area contributed by atoms with Crippen molar-refractivity contribution in [3.8, 4) is 0 Å². The number of likely N-dealkylation sites (N-methyl/N-ethyl adjacent to an activating group) is 1. The van der Waals surface area contributed by atoms with Crippen LogP contribution in [0, 0.1) is 35.0 Å². The second-order valence-electron chi connectivity index (χ2n) is 23.0. The number of esters is 1. The third-order valence-electron chi connectivity index (χ3n) is 17.8. The Bertz CT molecular complexity index is 2110. The van der Waals surface area contributed by atoms with E-state index >= 15 is 0 Å². The molecule has 2 aromatic rings. The fourth-order valence-corrected chi connectivity index (χ4v) is 12.7. The normalized spacial score (nSPS) is 40.1. The van der Waals surface area contributed by atoms with E-state index in [-0.39, 0.29) is 24.7 Å². The van der Waals surface area contributed by atoms with Crippen LogP contribution in [0.2, 0.25) is 0 Å². The Balaban J connectivity index is 1.27. The number of halogens is 1. The molecule has 0 bridgehead atoms. The molecule has 74 heavy (non-hydrogen) atoms. The number of benzene rings is 1. The highest BCUT2D eigenvalue weighted by atomic mass is 19.1. The maximum Gasteiger partial charge on any atom is 0.309 e. The van der Waals surface area contributed by atoms with Gasteiger partial charge in [-0.05, 0) is 89.5 Å². The predicted octanol–water partition coefficient (Wildman–Crippen LogP) is 5.01. The van der Waals surface area contributed by atoms with Gasteiger partial charge in [0.25, 0.3) is 0 Å². The third kappa shape index (κ3) is 12.9. The molecular formula is C55H90FN5O13. The summed E-state index contributed by atoms with van der Waals surface area (Å²) in [6.07, 6.45) is -6.09. The van der Waals surface area contributed by atoms with Gasteiger partial charge in [0.2, 0.25) is 0 Å². The van der Waals surface area contributed by atoms with Gasteiger partial charge in [-0.2, -0.15) is 0 Å². The predicted molar refractivity (Wildman–Crippen MR) is 275 cm³/mol. The lowest BCUT2D eigenvalue weighted by Crippen LogP contribution is -2.61. The molecule has 1 aromatic heterocycles. The number of ketones is 1. The van der Waals surface area contributed by atoms with Gasteiger partial charge in [-0.15, -0.1) is 5.10 Å². The Labute approximate surface area is 438 Å². The van der Waals surface area contributed by atoms with Gasteiger partial charge in [0.1, 0.15) is 48.5 Å². The Hall–Kier alpha value is -3.21. The van der Waals surface area contributed by atoms with Crippen molar-refractivity contribution in [1.82, 2.24) is 19.9 Å². The first kappa shape index (κ1) is 60.0. The number of methoxy groups -OCH3 is 1. The van der Waals surface area contributed by atoms with Crippen LogP contribution in [0.3, 0.4) is 0 Å². The number of aromatic nitrogens is 3. The van der Waals surface area contributed by atoms with Crippen molar-refractivity contribution in [2.24, 2.45) is 35.0 Å². The smallest absolute Gasteiger partial charge is 0.309 e. The van der Waals surface area contributed by atoms with Gasteiger partial charge in [0, 0.05) is 75.3 Å². The third-order valence-corrected chi connectivity index (χ3v) is 17.8. The van der Waals surface area contributed by atoms with Crippen molar-refractivity contribution in [3.05, 3.63) is 41.7 Å². The molecule has 1 unspecified atom stereocenters. The summed E-state index contributed by atoms with van der Waals surface area (Å²) in [5, 5.41) is 67.2. The number of rotatable bonds is 15. The highest BCUT2D eigenvalue weighted by Crippen LogP contribution is 2.49. The van der Waals surface area contributed by atoms with E-state index < -0.39 is 126 Å². The SMILES string of the molecule is CC[C@H]1OC(=O)[C@H](C)C([C@H]2C[C@@](C)(OC)[C@@H](O)[C@H](C)O2)[C@H](C)[C@@H](O[C@@H]2O[C@H](C)C[C@H](N(C)CCc3cn([C@H](CF)[C@H](O)c4ccc(N5CCOCC5)cc4)nn3)[C@H]2O)[C@](C)(CC)C[C@@H](C)C(=O)[C@H](C)[C@@H](O)[C@]1(C)O. The number of ether oxygens (including phenoxy) is 6. The molecule has 1 aromatic carbocycles. The van der Waals surface area contributed by atoms with E-state index in [1.807, 2.05) is 77.8 Å². The number of hydrogen-bond acceptors (Lipinski definition) is 17. The molecular weight excluding hydrogens is 958 g/mol. The summed E-state index contributed by atoms with van der Waals surface area (Å²) in [5.41, 5.74) is -1.69. The number of alkyl halides is 1. The summed E-state index contributed by atoms with van der Waals surface area (Å²) in [7, 11) is 3.44. The highest BCUT2D eigenvalue weighted by molar-refractivity contribution is 5.83. The largest absolute Gasteiger partial charge is 0.459 e. The summed E-state index contributed by atoms with van der Waals surface area (Å²) in [6, 6.07) is 6.00. The average molecular weight is 1050 g/mol. The molecule has 4 aliphatic rings. The van der Waals surface area contributed by atoms with Crippen molar-refractivity contribution >= 4 is 17.4 Å². The molecule has 5 N–H and O–H groups in total. The molecule has 0 amide bonds. The maximum atomic E-state index is 14.7. The topological polar surface area (TPSA) is 228 Å². The van der Waals surface area contributed by atoms with Gasteiger partial charge in [-0.1, -0.05) is 65.8 Å². The zero-order valence-electron chi connectivity index (χ0n) is 46.3. The van der Waals surface area contributed by atoms with Crippen LogP contribution < -0.4 is 4.90 Å². The average Bonchev–Trinajstić information content (AvgIpc) is 3.86. The number of anilines is 1. The first-order chi connectivity index (χ1) is 34.9. The van der Waals surface area contributed by atoms with Crippen molar-refractivity contribution < 1.29 is 67.9 Å². The van der Waals surface area contributed by atoms with E-state index in [1.54, 1.807) is 33.9 Å². The molecule has 19 heteroatoms. The van der Waals surface area contributed by atoms with Crippen LogP contribution in [0.15, 0.2) is 30.5 Å². The van der Waals surface area contributed by atoms with E-state index in [0.717, 1.165) is 18.8 Å². The molecule has 6 rings (SSSR count). The zero-order valence-corrected chi connectivity index (χ0v) is 46.3. The number of aliphatic hydroxyl groups is 5. The molecule has 18 nitrogen and oxygen atoms in total. The van der Waals surface area contributed by atoms with Crippen LogP contribution in [-0.2, 0) is 44.4 Å². The van der Waals surface area contributed by atoms with E-state index in [4.69, 9.17) is 28.4 Å². The summed E-state index contributed by atoms with van der Waals surface area (Å²) >= 11 is 0. The molecule has 0 aliphatic carbocycles. The summed E-state index contributed by atoms with van der Waals surface area (Å²) in [6.45, 7) is 22.2. The van der Waals surface area contributed by atoms with Gasteiger partial charge in [0.05, 0.1) is 60.9 Å². The molecule has 4 saturated heterocycles. The zero-order chi connectivity index (χ0) is 54.6. The number of aliphatic hydroxyl groups excluding tert-OH is 4. The summed E-state index contributed by atoms with van der Waals surface area (Å²) in [5.74, 6) is -4.67. The van der Waals surface area contributed by atoms with Gasteiger partial charge < -0.3 is 63.8 Å². The number of Topliss-reactive ketones (excluding diaryl/α,β-unsaturated/α-hetero) is 1. The standard InChI is InChI=1S/C55H90FN5O13/c1-14-43-55(11,68)48(65)35(7)45(62)31(3)27-53(9,15-2)50(33(5)44(34(6)51(67)73-43)42-28-54(10,69-13)49(66)36(8)72-42)74-52-47(64)40(26-32(4)71-52)59(12)21-20-38-30-61(58-57-38)41(29-56)46(63)37-16-18-39(19-17-37)60-22-24-70-25-23-60/h16-19,30-36,40-44,46-50,52,63-66,68H,14-15,20-29H2,1-13H3/t31-,32-,33+,34-,35+,36+,40+,41-,42-,43-,44?,46-,47-,48-,49+,50-,52+,53-,54-,55-/m1/s1. The van der Waals surface area contributed by atoms with Crippen molar-refractivity contribution in [2.75, 3.05) is 58.6 Å². The van der Waals surface area contributed by atoms with Crippen molar-refractivity contribution in [3.63, 3.8) is 0 Å². The van der Waals surface area contributed by atoms with Crippen LogP contribution in [0.25, 0.3) is 0 Å². The fourth-order valence-electron chi connectivity index (χ4n) is 12.7. The Morgan fingerprint density at radius 2 is 1.61 bits per heavy atom. The number of hydrogen-bond donors (Lipinski definition) is 5. The van der Waals surface area contributed by atoms with E-state index in [1.165, 1.54) is 18.7 Å². The monoisotopic (exact) mass is 1050 g/mol. The minimum absolute atomic E-state index is 0.157. The Morgan fingerprint density at radius 1 is 0.946 bits per heavy atom. The van der Waals surface area contributed by atoms with Crippen molar-refractivity contribution in [1.29, 1.82) is 0 Å². The van der Waals surface area contributed by atoms with E-state index in [9.17, 15) is 39.5 Å². The fraction of sp³-hybridized carbons (Fsp3) is 0.818. The van der Waals surface area contributed by atoms with Crippen LogP contribution in [0.1, 0.15) is 132 Å². The molecule has 4 aliphatic heterocycles. The van der Waals surface area contributed by atoms with Crippen LogP contribution in [0.5, 0.6) is 0 Å². The number of carbonyl (C=O) groups is 2. The van der Waals surface area contributed by atoms with Gasteiger partial charge in [-0.3, -0.25) is 9.59 Å². The first-order valence-corrected chi connectivity index (χ1v) is 27.2. The molecule has 420 valence electrons. The quantitative estimate of drug-likeness (QED) is 0.148. The minimum atomic E-state index is -1.97. The Morgan fingerprint density at radius 3 is 2.22 bits per heavy atom. The molecule has 0 saturated carbocycles. The Kier molecular flexibility index (Phi) is 20.3. The molecule has 5 heterocycles. The lowest BCUT2D eigenvalue weighted by molar-refractivity contribution is -0.296. The number of carbonyl (C=O) groups excluding carboxylic acids is 2.